The third kappa shape index (κ3) is 1.76. The molecule has 0 amide bonds. The van der Waals surface area contributed by atoms with Gasteiger partial charge >= 0.3 is 5.79 Å². The van der Waals surface area contributed by atoms with Gasteiger partial charge in [-0.05, 0) is 18.2 Å². The number of rotatable bonds is 2. The zero-order valence-corrected chi connectivity index (χ0v) is 11.4. The minimum atomic E-state index is -1.92. The number of benzene rings is 2. The van der Waals surface area contributed by atoms with E-state index in [1.54, 1.807) is 0 Å². The van der Waals surface area contributed by atoms with E-state index in [4.69, 9.17) is 9.47 Å². The van der Waals surface area contributed by atoms with Crippen molar-refractivity contribution in [2.24, 2.45) is 0 Å². The number of carbonyl (C=O) groups is 1. The van der Waals surface area contributed by atoms with Crippen molar-refractivity contribution < 1.29 is 34.7 Å². The molecule has 0 saturated carbocycles. The molecule has 0 spiro atoms. The highest BCUT2D eigenvalue weighted by atomic mass is 16.7. The molecule has 1 aliphatic rings. The number of hydrogen-bond donors (Lipinski definition) is 4. The normalized spacial score (nSPS) is 19.8. The van der Waals surface area contributed by atoms with Gasteiger partial charge in [-0.25, -0.2) is 0 Å². The van der Waals surface area contributed by atoms with Crippen LogP contribution in [-0.2, 0) is 10.5 Å². The van der Waals surface area contributed by atoms with E-state index < -0.39 is 23.1 Å². The SMILES string of the molecule is COC1(c2ccc(O)c(O)c2)Oc2cc(O)cc(O)c2C1=O. The average Bonchev–Trinajstić information content (AvgIpc) is 2.75. The molecule has 3 rings (SSSR count). The van der Waals surface area contributed by atoms with Gasteiger partial charge < -0.3 is 29.9 Å². The molecule has 114 valence electrons. The Bertz CT molecular complexity index is 784. The molecule has 2 aromatic carbocycles. The van der Waals surface area contributed by atoms with Gasteiger partial charge in [-0.3, -0.25) is 4.79 Å². The Kier molecular flexibility index (Phi) is 2.89. The van der Waals surface area contributed by atoms with E-state index in [2.05, 4.69) is 0 Å². The number of aromatic hydroxyl groups is 4. The fourth-order valence-corrected chi connectivity index (χ4v) is 2.43. The Morgan fingerprint density at radius 1 is 1.00 bits per heavy atom. The van der Waals surface area contributed by atoms with Gasteiger partial charge in [0.25, 0.3) is 0 Å². The van der Waals surface area contributed by atoms with E-state index in [-0.39, 0.29) is 28.4 Å². The summed E-state index contributed by atoms with van der Waals surface area (Å²) in [6, 6.07) is 5.84. The molecule has 1 atom stereocenters. The lowest BCUT2D eigenvalue weighted by atomic mass is 9.97. The molecule has 7 heteroatoms. The number of carbonyl (C=O) groups excluding carboxylic acids is 1. The quantitative estimate of drug-likeness (QED) is 0.622. The minimum Gasteiger partial charge on any atom is -0.508 e. The fourth-order valence-electron chi connectivity index (χ4n) is 2.43. The Balaban J connectivity index is 2.19. The summed E-state index contributed by atoms with van der Waals surface area (Å²) in [7, 11) is 1.23. The Hall–Kier alpha value is -2.93. The van der Waals surface area contributed by atoms with Crippen molar-refractivity contribution in [3.05, 3.63) is 41.5 Å². The Morgan fingerprint density at radius 3 is 2.36 bits per heavy atom. The van der Waals surface area contributed by atoms with Crippen molar-refractivity contribution >= 4 is 5.78 Å². The summed E-state index contributed by atoms with van der Waals surface area (Å²) in [5.74, 6) is -4.18. The molecule has 0 bridgehead atoms. The summed E-state index contributed by atoms with van der Waals surface area (Å²) in [5.41, 5.74) is -0.00222. The lowest BCUT2D eigenvalue weighted by molar-refractivity contribution is -0.124. The monoisotopic (exact) mass is 304 g/mol. The molecule has 1 heterocycles. The lowest BCUT2D eigenvalue weighted by Gasteiger charge is -2.25. The van der Waals surface area contributed by atoms with Crippen LogP contribution in [0, 0.1) is 0 Å². The first-order chi connectivity index (χ1) is 10.4. The lowest BCUT2D eigenvalue weighted by Crippen LogP contribution is -2.39. The zero-order valence-electron chi connectivity index (χ0n) is 11.4. The topological polar surface area (TPSA) is 116 Å². The molecule has 22 heavy (non-hydrogen) atoms. The molecule has 4 N–H and O–H groups in total. The van der Waals surface area contributed by atoms with E-state index in [0.29, 0.717) is 0 Å². The van der Waals surface area contributed by atoms with E-state index in [9.17, 15) is 25.2 Å². The van der Waals surface area contributed by atoms with Crippen molar-refractivity contribution in [3.8, 4) is 28.7 Å². The number of ether oxygens (including phenoxy) is 2. The molecular weight excluding hydrogens is 292 g/mol. The summed E-state index contributed by atoms with van der Waals surface area (Å²) >= 11 is 0. The predicted octanol–water partition coefficient (Wildman–Crippen LogP) is 1.58. The number of phenols is 4. The van der Waals surface area contributed by atoms with E-state index in [1.807, 2.05) is 0 Å². The van der Waals surface area contributed by atoms with Crippen molar-refractivity contribution in [1.82, 2.24) is 0 Å². The summed E-state index contributed by atoms with van der Waals surface area (Å²) in [6.07, 6.45) is 0. The van der Waals surface area contributed by atoms with Crippen LogP contribution in [-0.4, -0.2) is 33.3 Å². The van der Waals surface area contributed by atoms with Gasteiger partial charge in [0.15, 0.2) is 11.5 Å². The summed E-state index contributed by atoms with van der Waals surface area (Å²) in [4.78, 5) is 12.6. The smallest absolute Gasteiger partial charge is 0.302 e. The van der Waals surface area contributed by atoms with Crippen LogP contribution in [0.15, 0.2) is 30.3 Å². The number of fused-ring (bicyclic) bond motifs is 1. The fraction of sp³-hybridized carbons (Fsp3) is 0.133. The van der Waals surface area contributed by atoms with Crippen LogP contribution < -0.4 is 4.74 Å². The largest absolute Gasteiger partial charge is 0.508 e. The summed E-state index contributed by atoms with van der Waals surface area (Å²) in [5, 5.41) is 38.3. The first-order valence-electron chi connectivity index (χ1n) is 6.26. The second-order valence-corrected chi connectivity index (χ2v) is 4.79. The number of ketones is 1. The summed E-state index contributed by atoms with van der Waals surface area (Å²) < 4.78 is 10.7. The Labute approximate surface area is 124 Å². The highest BCUT2D eigenvalue weighted by Crippen LogP contribution is 2.48. The third-order valence-electron chi connectivity index (χ3n) is 3.49. The van der Waals surface area contributed by atoms with Crippen LogP contribution >= 0.6 is 0 Å². The van der Waals surface area contributed by atoms with Gasteiger partial charge in [0.1, 0.15) is 22.8 Å². The molecular formula is C15H12O7. The molecule has 2 aromatic rings. The Morgan fingerprint density at radius 2 is 1.73 bits per heavy atom. The second kappa shape index (κ2) is 4.54. The highest BCUT2D eigenvalue weighted by Gasteiger charge is 2.52. The van der Waals surface area contributed by atoms with E-state index >= 15 is 0 Å². The van der Waals surface area contributed by atoms with Crippen LogP contribution in [0.25, 0.3) is 0 Å². The standard InChI is InChI=1S/C15H12O7/c1-21-15(7-2-3-9(17)10(18)4-7)14(20)13-11(19)5-8(16)6-12(13)22-15/h2-6,16-19H,1H3. The number of hydrogen-bond acceptors (Lipinski definition) is 7. The molecule has 0 fully saturated rings. The summed E-state index contributed by atoms with van der Waals surface area (Å²) in [6.45, 7) is 0. The maximum absolute atomic E-state index is 12.6. The van der Waals surface area contributed by atoms with Crippen LogP contribution in [0.1, 0.15) is 15.9 Å². The number of Topliss-reactive ketones (excluding diaryl/α,β-unsaturated/α-hetero) is 1. The molecule has 1 aliphatic heterocycles. The van der Waals surface area contributed by atoms with Gasteiger partial charge in [0.05, 0.1) is 0 Å². The van der Waals surface area contributed by atoms with Gasteiger partial charge in [0.2, 0.25) is 5.78 Å². The van der Waals surface area contributed by atoms with Crippen molar-refractivity contribution in [2.75, 3.05) is 7.11 Å². The molecule has 0 saturated heterocycles. The number of methoxy groups -OCH3 is 1. The van der Waals surface area contributed by atoms with Gasteiger partial charge in [-0.2, -0.15) is 0 Å². The molecule has 7 nitrogen and oxygen atoms in total. The van der Waals surface area contributed by atoms with Gasteiger partial charge in [-0.15, -0.1) is 0 Å². The van der Waals surface area contributed by atoms with Gasteiger partial charge in [0, 0.05) is 24.8 Å². The van der Waals surface area contributed by atoms with Crippen molar-refractivity contribution in [3.63, 3.8) is 0 Å². The van der Waals surface area contributed by atoms with E-state index in [1.165, 1.54) is 25.3 Å². The van der Waals surface area contributed by atoms with Crippen LogP contribution in [0.4, 0.5) is 0 Å². The third-order valence-corrected chi connectivity index (χ3v) is 3.49. The predicted molar refractivity (Wildman–Crippen MR) is 73.2 cm³/mol. The second-order valence-electron chi connectivity index (χ2n) is 4.79. The zero-order chi connectivity index (χ0) is 16.1. The van der Waals surface area contributed by atoms with Crippen molar-refractivity contribution in [1.29, 1.82) is 0 Å². The molecule has 1 unspecified atom stereocenters. The van der Waals surface area contributed by atoms with Crippen LogP contribution in [0.2, 0.25) is 0 Å². The van der Waals surface area contributed by atoms with E-state index in [0.717, 1.165) is 12.1 Å². The maximum Gasteiger partial charge on any atom is 0.302 e. The van der Waals surface area contributed by atoms with Crippen LogP contribution in [0.3, 0.4) is 0 Å². The average molecular weight is 304 g/mol. The molecule has 0 radical (unpaired) electrons. The first kappa shape index (κ1) is 14.0. The first-order valence-corrected chi connectivity index (χ1v) is 6.26. The van der Waals surface area contributed by atoms with Gasteiger partial charge in [-0.1, -0.05) is 0 Å². The highest BCUT2D eigenvalue weighted by molar-refractivity contribution is 6.09. The minimum absolute atomic E-state index is 0.0445. The maximum atomic E-state index is 12.6. The van der Waals surface area contributed by atoms with Crippen molar-refractivity contribution in [2.45, 2.75) is 5.79 Å². The number of phenolic OH excluding ortho intramolecular Hbond substituents is 4. The van der Waals surface area contributed by atoms with Crippen LogP contribution in [0.5, 0.6) is 28.7 Å². The molecule has 0 aliphatic carbocycles. The molecule has 0 aromatic heterocycles.